The van der Waals surface area contributed by atoms with Crippen LogP contribution in [0.15, 0.2) is 48.5 Å². The molecule has 1 spiro atoms. The summed E-state index contributed by atoms with van der Waals surface area (Å²) in [5, 5.41) is 8.80. The van der Waals surface area contributed by atoms with Crippen LogP contribution >= 0.6 is 0 Å². The number of amides is 4. The van der Waals surface area contributed by atoms with Gasteiger partial charge in [-0.15, -0.1) is 0 Å². The van der Waals surface area contributed by atoms with Crippen LogP contribution in [0.25, 0.3) is 0 Å². The summed E-state index contributed by atoms with van der Waals surface area (Å²) in [4.78, 5) is 42.7. The van der Waals surface area contributed by atoms with E-state index in [9.17, 15) is 14.4 Å². The van der Waals surface area contributed by atoms with Gasteiger partial charge in [-0.05, 0) is 42.2 Å². The summed E-state index contributed by atoms with van der Waals surface area (Å²) in [6.07, 6.45) is 1.33. The maximum atomic E-state index is 13.4. The van der Waals surface area contributed by atoms with Crippen LogP contribution in [0.1, 0.15) is 44.7 Å². The summed E-state index contributed by atoms with van der Waals surface area (Å²) < 4.78 is 0. The Kier molecular flexibility index (Phi) is 5.41. The SMILES string of the molecule is CN(C)C(=O)N1CCC2(CC1)c1ccccc1C(=O)N2Cc1ccc(C(=O)NO)cc1. The predicted molar refractivity (Wildman–Crippen MR) is 114 cm³/mol. The van der Waals surface area contributed by atoms with Crippen LogP contribution in [0.5, 0.6) is 0 Å². The van der Waals surface area contributed by atoms with E-state index in [-0.39, 0.29) is 11.9 Å². The molecule has 8 nitrogen and oxygen atoms in total. The smallest absolute Gasteiger partial charge is 0.319 e. The van der Waals surface area contributed by atoms with Gasteiger partial charge in [0.25, 0.3) is 11.8 Å². The lowest BCUT2D eigenvalue weighted by molar-refractivity contribution is 0.0272. The second kappa shape index (κ2) is 8.03. The van der Waals surface area contributed by atoms with Crippen molar-refractivity contribution in [2.75, 3.05) is 27.2 Å². The number of nitrogens with zero attached hydrogens (tertiary/aromatic N) is 3. The van der Waals surface area contributed by atoms with Crippen LogP contribution in [0.2, 0.25) is 0 Å². The standard InChI is InChI=1S/C23H26N4O4/c1-25(2)22(30)26-13-11-23(12-14-26)19-6-4-3-5-18(19)21(29)27(23)15-16-7-9-17(10-8-16)20(28)24-31/h3-10,31H,11-15H2,1-2H3,(H,24,28). The number of carbonyl (C=O) groups is 3. The molecule has 8 heteroatoms. The highest BCUT2D eigenvalue weighted by molar-refractivity contribution is 6.00. The minimum absolute atomic E-state index is 0.0137. The van der Waals surface area contributed by atoms with Gasteiger partial charge in [-0.3, -0.25) is 14.8 Å². The molecule has 1 saturated heterocycles. The van der Waals surface area contributed by atoms with Gasteiger partial charge in [0.15, 0.2) is 0 Å². The maximum Gasteiger partial charge on any atom is 0.319 e. The monoisotopic (exact) mass is 422 g/mol. The van der Waals surface area contributed by atoms with Crippen molar-refractivity contribution in [3.8, 4) is 0 Å². The number of rotatable bonds is 3. The van der Waals surface area contributed by atoms with Crippen molar-refractivity contribution >= 4 is 17.8 Å². The molecular weight excluding hydrogens is 396 g/mol. The number of carbonyl (C=O) groups excluding carboxylic acids is 3. The van der Waals surface area contributed by atoms with E-state index in [1.54, 1.807) is 48.7 Å². The van der Waals surface area contributed by atoms with Crippen LogP contribution in [-0.4, -0.2) is 64.9 Å². The van der Waals surface area contributed by atoms with E-state index >= 15 is 0 Å². The number of nitrogens with one attached hydrogen (secondary N) is 1. The third kappa shape index (κ3) is 3.53. The Hall–Kier alpha value is -3.39. The Balaban J connectivity index is 1.63. The first-order valence-electron chi connectivity index (χ1n) is 10.3. The lowest BCUT2D eigenvalue weighted by Gasteiger charge is -2.46. The van der Waals surface area contributed by atoms with Gasteiger partial charge in [0.05, 0.1) is 5.54 Å². The van der Waals surface area contributed by atoms with Gasteiger partial charge < -0.3 is 14.7 Å². The zero-order valence-corrected chi connectivity index (χ0v) is 17.7. The van der Waals surface area contributed by atoms with Gasteiger partial charge in [0, 0.05) is 44.9 Å². The number of likely N-dealkylation sites (tertiary alicyclic amines) is 1. The molecule has 0 bridgehead atoms. The molecule has 2 aromatic rings. The van der Waals surface area contributed by atoms with E-state index in [4.69, 9.17) is 5.21 Å². The minimum Gasteiger partial charge on any atom is -0.331 e. The molecule has 2 aliphatic heterocycles. The van der Waals surface area contributed by atoms with Crippen LogP contribution < -0.4 is 5.48 Å². The number of hydrogen-bond donors (Lipinski definition) is 2. The Morgan fingerprint density at radius 2 is 1.71 bits per heavy atom. The molecule has 0 aromatic heterocycles. The highest BCUT2D eigenvalue weighted by atomic mass is 16.5. The molecule has 0 atom stereocenters. The van der Waals surface area contributed by atoms with E-state index < -0.39 is 11.4 Å². The second-order valence-corrected chi connectivity index (χ2v) is 8.27. The molecule has 0 radical (unpaired) electrons. The van der Waals surface area contributed by atoms with E-state index in [1.165, 1.54) is 0 Å². The van der Waals surface area contributed by atoms with Gasteiger partial charge in [-0.2, -0.15) is 0 Å². The van der Waals surface area contributed by atoms with Crippen molar-refractivity contribution < 1.29 is 19.6 Å². The Morgan fingerprint density at radius 3 is 2.32 bits per heavy atom. The van der Waals surface area contributed by atoms with Crippen molar-refractivity contribution in [3.63, 3.8) is 0 Å². The van der Waals surface area contributed by atoms with Gasteiger partial charge >= 0.3 is 6.03 Å². The molecule has 0 saturated carbocycles. The predicted octanol–water partition coefficient (Wildman–Crippen LogP) is 2.43. The minimum atomic E-state index is -0.578. The van der Waals surface area contributed by atoms with Crippen LogP contribution in [0, 0.1) is 0 Å². The Labute approximate surface area is 181 Å². The quantitative estimate of drug-likeness (QED) is 0.587. The molecule has 0 unspecified atom stereocenters. The van der Waals surface area contributed by atoms with Gasteiger partial charge in [0.2, 0.25) is 0 Å². The summed E-state index contributed by atoms with van der Waals surface area (Å²) in [6.45, 7) is 1.55. The number of urea groups is 1. The van der Waals surface area contributed by atoms with Crippen LogP contribution in [0.4, 0.5) is 4.79 Å². The summed E-state index contributed by atoms with van der Waals surface area (Å²) in [5.41, 5.74) is 4.13. The first kappa shape index (κ1) is 20.9. The average Bonchev–Trinajstić information content (AvgIpc) is 3.02. The lowest BCUT2D eigenvalue weighted by Crippen LogP contribution is -2.53. The van der Waals surface area contributed by atoms with Crippen LogP contribution in [0.3, 0.4) is 0 Å². The normalized spacial score (nSPS) is 16.9. The van der Waals surface area contributed by atoms with E-state index in [2.05, 4.69) is 0 Å². The number of hydroxylamine groups is 1. The molecule has 1 fully saturated rings. The highest BCUT2D eigenvalue weighted by Gasteiger charge is 2.51. The van der Waals surface area contributed by atoms with E-state index in [0.717, 1.165) is 11.1 Å². The lowest BCUT2D eigenvalue weighted by atomic mass is 9.80. The molecule has 2 aromatic carbocycles. The van der Waals surface area contributed by atoms with Crippen molar-refractivity contribution in [3.05, 3.63) is 70.8 Å². The van der Waals surface area contributed by atoms with E-state index in [0.29, 0.717) is 43.6 Å². The highest BCUT2D eigenvalue weighted by Crippen LogP contribution is 2.47. The van der Waals surface area contributed by atoms with Crippen LogP contribution in [-0.2, 0) is 12.1 Å². The van der Waals surface area contributed by atoms with E-state index in [1.807, 2.05) is 34.1 Å². The summed E-state index contributed by atoms with van der Waals surface area (Å²) in [6, 6.07) is 14.5. The third-order valence-corrected chi connectivity index (χ3v) is 6.32. The van der Waals surface area contributed by atoms with Crippen molar-refractivity contribution in [1.29, 1.82) is 0 Å². The van der Waals surface area contributed by atoms with Crippen molar-refractivity contribution in [2.24, 2.45) is 0 Å². The average molecular weight is 422 g/mol. The van der Waals surface area contributed by atoms with Gasteiger partial charge in [-0.25, -0.2) is 10.3 Å². The maximum absolute atomic E-state index is 13.4. The topological polar surface area (TPSA) is 93.2 Å². The molecular formula is C23H26N4O4. The summed E-state index contributed by atoms with van der Waals surface area (Å²) in [5.74, 6) is -0.592. The summed E-state index contributed by atoms with van der Waals surface area (Å²) in [7, 11) is 3.49. The number of fused-ring (bicyclic) bond motifs is 2. The number of benzene rings is 2. The largest absolute Gasteiger partial charge is 0.331 e. The molecule has 4 rings (SSSR count). The zero-order valence-electron chi connectivity index (χ0n) is 17.7. The Bertz CT molecular complexity index is 1010. The first-order chi connectivity index (χ1) is 14.9. The molecule has 2 heterocycles. The number of piperidine rings is 1. The fraction of sp³-hybridized carbons (Fsp3) is 0.348. The number of hydrogen-bond acceptors (Lipinski definition) is 4. The zero-order chi connectivity index (χ0) is 22.2. The molecule has 0 aliphatic carbocycles. The van der Waals surface area contributed by atoms with Crippen molar-refractivity contribution in [1.82, 2.24) is 20.2 Å². The third-order valence-electron chi connectivity index (χ3n) is 6.32. The molecule has 2 aliphatic rings. The molecule has 31 heavy (non-hydrogen) atoms. The van der Waals surface area contributed by atoms with Crippen molar-refractivity contribution in [2.45, 2.75) is 24.9 Å². The molecule has 162 valence electrons. The molecule has 4 amide bonds. The molecule has 2 N–H and O–H groups in total. The Morgan fingerprint density at radius 1 is 1.06 bits per heavy atom. The fourth-order valence-electron chi connectivity index (χ4n) is 4.68. The second-order valence-electron chi connectivity index (χ2n) is 8.27. The fourth-order valence-corrected chi connectivity index (χ4v) is 4.68. The van der Waals surface area contributed by atoms with Gasteiger partial charge in [0.1, 0.15) is 0 Å². The van der Waals surface area contributed by atoms with Gasteiger partial charge in [-0.1, -0.05) is 30.3 Å². The summed E-state index contributed by atoms with van der Waals surface area (Å²) >= 11 is 0. The first-order valence-corrected chi connectivity index (χ1v) is 10.3.